The van der Waals surface area contributed by atoms with Gasteiger partial charge in [-0.25, -0.2) is 12.8 Å². The smallest absolute Gasteiger partial charge is 0.178 e. The molecule has 1 aromatic heterocycles. The molecule has 0 N–H and O–H groups in total. The SMILES string of the molecule is O=C(c1ccns1)C1CCS(=O)(=O)C1. The number of Topliss-reactive ketones (excluding diaryl/α,β-unsaturated/α-hetero) is 1. The van der Waals surface area contributed by atoms with E-state index < -0.39 is 9.84 Å². The summed E-state index contributed by atoms with van der Waals surface area (Å²) in [6, 6.07) is 1.64. The molecule has 0 aromatic carbocycles. The molecule has 6 heteroatoms. The quantitative estimate of drug-likeness (QED) is 0.705. The van der Waals surface area contributed by atoms with Gasteiger partial charge in [0, 0.05) is 12.1 Å². The second-order valence-corrected chi connectivity index (χ2v) is 6.40. The lowest BCUT2D eigenvalue weighted by Gasteiger charge is -2.02. The summed E-state index contributed by atoms with van der Waals surface area (Å²) in [4.78, 5) is 12.3. The largest absolute Gasteiger partial charge is 0.293 e. The summed E-state index contributed by atoms with van der Waals surface area (Å²) in [6.45, 7) is 0. The number of nitrogens with zero attached hydrogens (tertiary/aromatic N) is 1. The number of ketones is 1. The average molecular weight is 231 g/mol. The van der Waals surface area contributed by atoms with Crippen LogP contribution in [-0.2, 0) is 9.84 Å². The molecule has 0 bridgehead atoms. The van der Waals surface area contributed by atoms with Crippen LogP contribution in [0.1, 0.15) is 16.1 Å². The Morgan fingerprint density at radius 2 is 2.36 bits per heavy atom. The molecule has 14 heavy (non-hydrogen) atoms. The predicted molar refractivity (Wildman–Crippen MR) is 53.2 cm³/mol. The Morgan fingerprint density at radius 1 is 1.57 bits per heavy atom. The molecule has 0 aliphatic carbocycles. The Morgan fingerprint density at radius 3 is 2.86 bits per heavy atom. The van der Waals surface area contributed by atoms with Crippen molar-refractivity contribution in [3.05, 3.63) is 17.1 Å². The second-order valence-electron chi connectivity index (χ2n) is 3.34. The molecule has 1 aliphatic heterocycles. The maximum atomic E-state index is 11.7. The Kier molecular flexibility index (Phi) is 2.40. The van der Waals surface area contributed by atoms with Crippen LogP contribution in [0, 0.1) is 5.92 Å². The minimum Gasteiger partial charge on any atom is -0.293 e. The number of hydrogen-bond donors (Lipinski definition) is 0. The zero-order chi connectivity index (χ0) is 10.2. The van der Waals surface area contributed by atoms with Gasteiger partial charge in [0.25, 0.3) is 0 Å². The van der Waals surface area contributed by atoms with Gasteiger partial charge in [0.05, 0.1) is 16.4 Å². The molecular formula is C8H9NO3S2. The van der Waals surface area contributed by atoms with Gasteiger partial charge in [-0.15, -0.1) is 0 Å². The van der Waals surface area contributed by atoms with Gasteiger partial charge in [0.15, 0.2) is 15.6 Å². The Hall–Kier alpha value is -0.750. The molecule has 0 radical (unpaired) electrons. The summed E-state index contributed by atoms with van der Waals surface area (Å²) in [5.74, 6) is -0.277. The van der Waals surface area contributed by atoms with Crippen molar-refractivity contribution in [3.8, 4) is 0 Å². The number of carbonyl (C=O) groups is 1. The number of sulfone groups is 1. The van der Waals surface area contributed by atoms with Gasteiger partial charge in [-0.3, -0.25) is 4.79 Å². The highest BCUT2D eigenvalue weighted by molar-refractivity contribution is 7.91. The highest BCUT2D eigenvalue weighted by atomic mass is 32.2. The first-order valence-corrected chi connectivity index (χ1v) is 6.83. The Balaban J connectivity index is 2.16. The molecule has 1 unspecified atom stereocenters. The number of hydrogen-bond acceptors (Lipinski definition) is 5. The standard InChI is InChI=1S/C8H9NO3S2/c10-8(7-1-3-9-13-7)6-2-4-14(11,12)5-6/h1,3,6H,2,4-5H2. The van der Waals surface area contributed by atoms with E-state index in [0.29, 0.717) is 11.3 Å². The van der Waals surface area contributed by atoms with Crippen molar-refractivity contribution in [2.24, 2.45) is 5.92 Å². The normalized spacial score (nSPS) is 25.0. The van der Waals surface area contributed by atoms with Gasteiger partial charge in [-0.2, -0.15) is 0 Å². The van der Waals surface area contributed by atoms with E-state index in [-0.39, 0.29) is 23.2 Å². The van der Waals surface area contributed by atoms with Gasteiger partial charge < -0.3 is 0 Å². The topological polar surface area (TPSA) is 64.1 Å². The molecule has 2 rings (SSSR count). The first kappa shape index (κ1) is 9.79. The molecule has 1 aliphatic rings. The van der Waals surface area contributed by atoms with E-state index in [1.807, 2.05) is 0 Å². The number of carbonyl (C=O) groups excluding carboxylic acids is 1. The molecule has 1 fully saturated rings. The van der Waals surface area contributed by atoms with E-state index >= 15 is 0 Å². The van der Waals surface area contributed by atoms with Crippen molar-refractivity contribution in [1.29, 1.82) is 0 Å². The van der Waals surface area contributed by atoms with Gasteiger partial charge in [0.1, 0.15) is 0 Å². The van der Waals surface area contributed by atoms with Crippen molar-refractivity contribution in [3.63, 3.8) is 0 Å². The van der Waals surface area contributed by atoms with Crippen LogP contribution in [0.3, 0.4) is 0 Å². The molecule has 2 heterocycles. The van der Waals surface area contributed by atoms with Crippen molar-refractivity contribution < 1.29 is 13.2 Å². The fourth-order valence-electron chi connectivity index (χ4n) is 1.55. The molecule has 4 nitrogen and oxygen atoms in total. The summed E-state index contributed by atoms with van der Waals surface area (Å²) in [5, 5.41) is 0. The van der Waals surface area contributed by atoms with E-state index in [1.54, 1.807) is 12.3 Å². The monoisotopic (exact) mass is 231 g/mol. The second kappa shape index (κ2) is 3.43. The highest BCUT2D eigenvalue weighted by Crippen LogP contribution is 2.23. The van der Waals surface area contributed by atoms with Crippen LogP contribution in [-0.4, -0.2) is 30.1 Å². The molecule has 1 atom stereocenters. The van der Waals surface area contributed by atoms with E-state index in [0.717, 1.165) is 11.5 Å². The zero-order valence-corrected chi connectivity index (χ0v) is 8.97. The first-order chi connectivity index (χ1) is 6.58. The lowest BCUT2D eigenvalue weighted by molar-refractivity contribution is 0.0937. The highest BCUT2D eigenvalue weighted by Gasteiger charge is 2.33. The molecule has 0 amide bonds. The van der Waals surface area contributed by atoms with Crippen LogP contribution >= 0.6 is 11.5 Å². The van der Waals surface area contributed by atoms with Crippen molar-refractivity contribution in [2.45, 2.75) is 6.42 Å². The molecule has 0 saturated carbocycles. The lowest BCUT2D eigenvalue weighted by atomic mass is 10.0. The van der Waals surface area contributed by atoms with Gasteiger partial charge in [0.2, 0.25) is 0 Å². The summed E-state index contributed by atoms with van der Waals surface area (Å²) >= 11 is 1.12. The maximum absolute atomic E-state index is 11.7. The minimum absolute atomic E-state index is 0.00370. The summed E-state index contributed by atoms with van der Waals surface area (Å²) in [7, 11) is -2.97. The molecule has 1 saturated heterocycles. The number of aromatic nitrogens is 1. The van der Waals surface area contributed by atoms with Gasteiger partial charge in [-0.1, -0.05) is 0 Å². The lowest BCUT2D eigenvalue weighted by Crippen LogP contribution is -2.14. The Labute approximate surface area is 86.0 Å². The first-order valence-electron chi connectivity index (χ1n) is 4.24. The van der Waals surface area contributed by atoms with Crippen molar-refractivity contribution in [2.75, 3.05) is 11.5 Å². The average Bonchev–Trinajstić information content (AvgIpc) is 2.72. The van der Waals surface area contributed by atoms with Crippen molar-refractivity contribution in [1.82, 2.24) is 4.37 Å². The zero-order valence-electron chi connectivity index (χ0n) is 7.34. The fourth-order valence-corrected chi connectivity index (χ4v) is 3.90. The van der Waals surface area contributed by atoms with E-state index in [4.69, 9.17) is 0 Å². The summed E-state index contributed by atoms with van der Waals surface area (Å²) < 4.78 is 26.1. The van der Waals surface area contributed by atoms with E-state index in [9.17, 15) is 13.2 Å². The van der Waals surface area contributed by atoms with Crippen LogP contribution in [0.2, 0.25) is 0 Å². The maximum Gasteiger partial charge on any atom is 0.178 e. The predicted octanol–water partition coefficient (Wildman–Crippen LogP) is 0.761. The van der Waals surface area contributed by atoms with E-state index in [1.165, 1.54) is 0 Å². The van der Waals surface area contributed by atoms with Crippen LogP contribution in [0.4, 0.5) is 0 Å². The summed E-state index contributed by atoms with van der Waals surface area (Å²) in [6.07, 6.45) is 2.01. The van der Waals surface area contributed by atoms with E-state index in [2.05, 4.69) is 4.37 Å². The van der Waals surface area contributed by atoms with Crippen LogP contribution < -0.4 is 0 Å². The minimum atomic E-state index is -2.97. The number of rotatable bonds is 2. The van der Waals surface area contributed by atoms with Crippen LogP contribution in [0.25, 0.3) is 0 Å². The van der Waals surface area contributed by atoms with Gasteiger partial charge in [-0.05, 0) is 24.0 Å². The summed E-state index contributed by atoms with van der Waals surface area (Å²) in [5.41, 5.74) is 0. The van der Waals surface area contributed by atoms with Crippen LogP contribution in [0.15, 0.2) is 12.3 Å². The van der Waals surface area contributed by atoms with Crippen LogP contribution in [0.5, 0.6) is 0 Å². The third-order valence-corrected chi connectivity index (χ3v) is 4.81. The molecule has 76 valence electrons. The third-order valence-electron chi connectivity index (χ3n) is 2.28. The van der Waals surface area contributed by atoms with Gasteiger partial charge >= 0.3 is 0 Å². The molecular weight excluding hydrogens is 222 g/mol. The Bertz CT molecular complexity index is 435. The van der Waals surface area contributed by atoms with Crippen molar-refractivity contribution >= 4 is 27.2 Å². The molecule has 0 spiro atoms. The third kappa shape index (κ3) is 1.85. The fraction of sp³-hybridized carbons (Fsp3) is 0.500. The molecule has 1 aromatic rings.